The number of benzene rings is 3. The monoisotopic (exact) mass is 383 g/mol. The molecule has 0 fully saturated rings. The molecule has 0 atom stereocenters. The smallest absolute Gasteiger partial charge is 0.118 e. The van der Waals surface area contributed by atoms with Gasteiger partial charge in [-0.15, -0.1) is 0 Å². The first-order chi connectivity index (χ1) is 13.7. The van der Waals surface area contributed by atoms with Gasteiger partial charge in [-0.25, -0.2) is 0 Å². The fourth-order valence-electron chi connectivity index (χ4n) is 3.32. The van der Waals surface area contributed by atoms with E-state index in [0.717, 1.165) is 27.2 Å². The topological polar surface area (TPSA) is 14.2 Å². The third-order valence-corrected chi connectivity index (χ3v) is 5.14. The van der Waals surface area contributed by atoms with Gasteiger partial charge in [-0.3, -0.25) is 0 Å². The van der Waals surface area contributed by atoms with E-state index < -0.39 is 0 Å². The highest BCUT2D eigenvalue weighted by molar-refractivity contribution is 7.71. The van der Waals surface area contributed by atoms with Gasteiger partial charge in [0.15, 0.2) is 0 Å². The highest BCUT2D eigenvalue weighted by Crippen LogP contribution is 2.28. The van der Waals surface area contributed by atoms with Crippen LogP contribution in [0.15, 0.2) is 97.1 Å². The maximum atomic E-state index is 5.81. The Bertz CT molecular complexity index is 1120. The van der Waals surface area contributed by atoms with Crippen LogP contribution in [-0.4, -0.2) is 11.7 Å². The van der Waals surface area contributed by atoms with Crippen LogP contribution in [0, 0.1) is 4.64 Å². The molecule has 0 aliphatic heterocycles. The van der Waals surface area contributed by atoms with E-state index in [1.54, 1.807) is 7.11 Å². The molecule has 4 aromatic rings. The van der Waals surface area contributed by atoms with Gasteiger partial charge in [0.2, 0.25) is 0 Å². The minimum absolute atomic E-state index is 0.710. The molecule has 138 valence electrons. The number of ether oxygens (including phenoxy) is 1. The molecule has 1 aromatic heterocycles. The van der Waals surface area contributed by atoms with E-state index in [0.29, 0.717) is 6.54 Å². The Morgan fingerprint density at radius 2 is 1.32 bits per heavy atom. The number of rotatable bonds is 5. The molecule has 0 spiro atoms. The van der Waals surface area contributed by atoms with Crippen LogP contribution in [0.5, 0.6) is 5.75 Å². The summed E-state index contributed by atoms with van der Waals surface area (Å²) in [6, 6.07) is 33.2. The van der Waals surface area contributed by atoms with Crippen LogP contribution in [0.1, 0.15) is 5.56 Å². The summed E-state index contributed by atoms with van der Waals surface area (Å²) in [7, 11) is 1.68. The first kappa shape index (κ1) is 18.2. The van der Waals surface area contributed by atoms with Crippen molar-refractivity contribution in [1.29, 1.82) is 0 Å². The third kappa shape index (κ3) is 3.90. The predicted octanol–water partition coefficient (Wildman–Crippen LogP) is 6.61. The van der Waals surface area contributed by atoms with E-state index in [4.69, 9.17) is 17.0 Å². The zero-order valence-corrected chi connectivity index (χ0v) is 16.5. The summed E-state index contributed by atoms with van der Waals surface area (Å²) < 4.78 is 8.28. The molecule has 0 radical (unpaired) electrons. The average molecular weight is 384 g/mol. The number of hydrogen-bond acceptors (Lipinski definition) is 2. The van der Waals surface area contributed by atoms with Crippen molar-refractivity contribution in [3.05, 3.63) is 107 Å². The molecule has 3 aromatic carbocycles. The van der Waals surface area contributed by atoms with E-state index in [1.807, 2.05) is 24.3 Å². The second-order valence-corrected chi connectivity index (χ2v) is 7.05. The van der Waals surface area contributed by atoms with Gasteiger partial charge in [0.25, 0.3) is 0 Å². The number of pyridine rings is 1. The van der Waals surface area contributed by atoms with Crippen LogP contribution >= 0.6 is 12.2 Å². The molecule has 0 N–H and O–H groups in total. The van der Waals surface area contributed by atoms with E-state index in [-0.39, 0.29) is 0 Å². The van der Waals surface area contributed by atoms with Crippen LogP contribution in [0.2, 0.25) is 0 Å². The minimum Gasteiger partial charge on any atom is -0.497 e. The molecule has 0 aliphatic carbocycles. The maximum absolute atomic E-state index is 5.81. The standard InChI is InChI=1S/C25H21NOS/c1-27-23-14-12-19(13-15-23)18-26-24(21-10-6-3-7-11-21)16-22(17-25(26)28)20-8-4-2-5-9-20/h2-17H,18H2,1H3. The first-order valence-electron chi connectivity index (χ1n) is 9.23. The van der Waals surface area contributed by atoms with Gasteiger partial charge in [-0.1, -0.05) is 85.0 Å². The molecule has 0 unspecified atom stereocenters. The lowest BCUT2D eigenvalue weighted by Gasteiger charge is -2.17. The largest absolute Gasteiger partial charge is 0.497 e. The van der Waals surface area contributed by atoms with Crippen LogP contribution in [0.4, 0.5) is 0 Å². The third-order valence-electron chi connectivity index (χ3n) is 4.80. The van der Waals surface area contributed by atoms with Gasteiger partial charge >= 0.3 is 0 Å². The van der Waals surface area contributed by atoms with E-state index in [1.165, 1.54) is 11.1 Å². The second-order valence-electron chi connectivity index (χ2n) is 6.63. The summed E-state index contributed by atoms with van der Waals surface area (Å²) in [5, 5.41) is 0. The zero-order valence-electron chi connectivity index (χ0n) is 15.7. The molecule has 1 heterocycles. The summed E-state index contributed by atoms with van der Waals surface area (Å²) in [4.78, 5) is 0. The van der Waals surface area contributed by atoms with Gasteiger partial charge in [-0.05, 0) is 46.5 Å². The van der Waals surface area contributed by atoms with Crippen molar-refractivity contribution in [3.8, 4) is 28.1 Å². The Morgan fingerprint density at radius 1 is 0.714 bits per heavy atom. The fraction of sp³-hybridized carbons (Fsp3) is 0.0800. The number of aromatic nitrogens is 1. The van der Waals surface area contributed by atoms with Crippen LogP contribution < -0.4 is 4.74 Å². The van der Waals surface area contributed by atoms with Crippen molar-refractivity contribution in [2.45, 2.75) is 6.54 Å². The Kier molecular flexibility index (Phi) is 5.36. The van der Waals surface area contributed by atoms with Gasteiger partial charge < -0.3 is 9.30 Å². The van der Waals surface area contributed by atoms with Gasteiger partial charge in [-0.2, -0.15) is 0 Å². The van der Waals surface area contributed by atoms with Crippen LogP contribution in [-0.2, 0) is 6.54 Å². The normalized spacial score (nSPS) is 10.6. The maximum Gasteiger partial charge on any atom is 0.118 e. The molecule has 0 amide bonds. The predicted molar refractivity (Wildman–Crippen MR) is 118 cm³/mol. The molecule has 3 heteroatoms. The molecule has 4 rings (SSSR count). The molecule has 0 aliphatic rings. The Labute approximate surface area is 170 Å². The number of hydrogen-bond donors (Lipinski definition) is 0. The lowest BCUT2D eigenvalue weighted by molar-refractivity contribution is 0.414. The lowest BCUT2D eigenvalue weighted by atomic mass is 10.0. The van der Waals surface area contributed by atoms with E-state index in [2.05, 4.69) is 77.4 Å². The second kappa shape index (κ2) is 8.24. The van der Waals surface area contributed by atoms with Crippen molar-refractivity contribution >= 4 is 12.2 Å². The minimum atomic E-state index is 0.710. The SMILES string of the molecule is COc1ccc(Cn2c(-c3ccccc3)cc(-c3ccccc3)cc2=S)cc1. The highest BCUT2D eigenvalue weighted by Gasteiger charge is 2.09. The summed E-state index contributed by atoms with van der Waals surface area (Å²) in [5.74, 6) is 0.857. The van der Waals surface area contributed by atoms with Crippen molar-refractivity contribution < 1.29 is 4.74 Å². The molecular weight excluding hydrogens is 362 g/mol. The molecular formula is C25H21NOS. The Morgan fingerprint density at radius 3 is 1.93 bits per heavy atom. The van der Waals surface area contributed by atoms with Gasteiger partial charge in [0.1, 0.15) is 10.4 Å². The molecule has 2 nitrogen and oxygen atoms in total. The summed E-state index contributed by atoms with van der Waals surface area (Å²) >= 11 is 5.81. The quantitative estimate of drug-likeness (QED) is 0.360. The Hall–Kier alpha value is -3.17. The number of nitrogens with zero attached hydrogens (tertiary/aromatic N) is 1. The van der Waals surface area contributed by atoms with Crippen LogP contribution in [0.3, 0.4) is 0 Å². The number of methoxy groups -OCH3 is 1. The highest BCUT2D eigenvalue weighted by atomic mass is 32.1. The van der Waals surface area contributed by atoms with Crippen LogP contribution in [0.25, 0.3) is 22.4 Å². The van der Waals surface area contributed by atoms with E-state index >= 15 is 0 Å². The first-order valence-corrected chi connectivity index (χ1v) is 9.64. The van der Waals surface area contributed by atoms with Crippen molar-refractivity contribution in [2.75, 3.05) is 7.11 Å². The van der Waals surface area contributed by atoms with Gasteiger partial charge in [0, 0.05) is 12.2 Å². The molecule has 28 heavy (non-hydrogen) atoms. The Balaban J connectivity index is 1.83. The molecule has 0 bridgehead atoms. The zero-order chi connectivity index (χ0) is 19.3. The van der Waals surface area contributed by atoms with Gasteiger partial charge in [0.05, 0.1) is 7.11 Å². The fourth-order valence-corrected chi connectivity index (χ4v) is 3.61. The van der Waals surface area contributed by atoms with Crippen molar-refractivity contribution in [3.63, 3.8) is 0 Å². The molecule has 0 saturated carbocycles. The summed E-state index contributed by atoms with van der Waals surface area (Å²) in [5.41, 5.74) is 5.75. The van der Waals surface area contributed by atoms with Crippen molar-refractivity contribution in [2.24, 2.45) is 0 Å². The summed E-state index contributed by atoms with van der Waals surface area (Å²) in [6.07, 6.45) is 0. The van der Waals surface area contributed by atoms with E-state index in [9.17, 15) is 0 Å². The average Bonchev–Trinajstić information content (AvgIpc) is 2.76. The molecule has 0 saturated heterocycles. The van der Waals surface area contributed by atoms with Crippen molar-refractivity contribution in [1.82, 2.24) is 4.57 Å². The lowest BCUT2D eigenvalue weighted by Crippen LogP contribution is -2.06. The summed E-state index contributed by atoms with van der Waals surface area (Å²) in [6.45, 7) is 0.710.